The highest BCUT2D eigenvalue weighted by Gasteiger charge is 2.31. The molecular weight excluding hydrogens is 328 g/mol. The molecule has 3 rings (SSSR count). The Bertz CT molecular complexity index is 744. The number of halogens is 1. The van der Waals surface area contributed by atoms with Crippen LogP contribution < -0.4 is 5.32 Å². The number of hydrogen-bond donors (Lipinski definition) is 1. The maximum atomic E-state index is 12.3. The number of benzene rings is 1. The summed E-state index contributed by atoms with van der Waals surface area (Å²) in [4.78, 5) is 26.2. The van der Waals surface area contributed by atoms with Gasteiger partial charge in [0.15, 0.2) is 5.69 Å². The fraction of sp³-hybridized carbons (Fsp3) is 0.353. The molecule has 2 amide bonds. The van der Waals surface area contributed by atoms with Gasteiger partial charge < -0.3 is 10.2 Å². The first kappa shape index (κ1) is 16.5. The highest BCUT2D eigenvalue weighted by molar-refractivity contribution is 6.33. The van der Waals surface area contributed by atoms with Crippen molar-refractivity contribution in [1.29, 1.82) is 0 Å². The third-order valence-corrected chi connectivity index (χ3v) is 4.30. The lowest BCUT2D eigenvalue weighted by molar-refractivity contribution is -0.128. The molecule has 6 nitrogen and oxygen atoms in total. The zero-order valence-electron chi connectivity index (χ0n) is 13.4. The normalized spacial score (nSPS) is 17.3. The molecule has 2 heterocycles. The van der Waals surface area contributed by atoms with Crippen molar-refractivity contribution in [3.63, 3.8) is 0 Å². The minimum Gasteiger partial charge on any atom is -0.346 e. The third-order valence-electron chi connectivity index (χ3n) is 4.02. The molecule has 1 saturated heterocycles. The fourth-order valence-electron chi connectivity index (χ4n) is 2.79. The maximum absolute atomic E-state index is 12.3. The van der Waals surface area contributed by atoms with Gasteiger partial charge in [0.05, 0.1) is 11.1 Å². The van der Waals surface area contributed by atoms with Gasteiger partial charge in [0.2, 0.25) is 5.91 Å². The summed E-state index contributed by atoms with van der Waals surface area (Å²) >= 11 is 6.05. The second-order valence-electron chi connectivity index (χ2n) is 5.82. The number of aromatic nitrogens is 2. The number of carbonyl (C=O) groups is 2. The molecule has 1 aromatic carbocycles. The average molecular weight is 347 g/mol. The molecule has 0 radical (unpaired) electrons. The van der Waals surface area contributed by atoms with E-state index in [0.717, 1.165) is 5.56 Å². The minimum absolute atomic E-state index is 0.0364. The van der Waals surface area contributed by atoms with Crippen LogP contribution in [0.25, 0.3) is 0 Å². The van der Waals surface area contributed by atoms with E-state index in [1.165, 1.54) is 0 Å². The topological polar surface area (TPSA) is 67.2 Å². The Kier molecular flexibility index (Phi) is 4.85. The predicted octanol–water partition coefficient (Wildman–Crippen LogP) is 2.09. The molecule has 24 heavy (non-hydrogen) atoms. The Morgan fingerprint density at radius 1 is 1.38 bits per heavy atom. The number of amides is 2. The van der Waals surface area contributed by atoms with Gasteiger partial charge in [-0.1, -0.05) is 41.9 Å². The molecule has 2 aromatic rings. The second kappa shape index (κ2) is 7.05. The van der Waals surface area contributed by atoms with Crippen LogP contribution in [-0.2, 0) is 17.9 Å². The lowest BCUT2D eigenvalue weighted by Crippen LogP contribution is -2.37. The van der Waals surface area contributed by atoms with Crippen molar-refractivity contribution in [1.82, 2.24) is 20.0 Å². The van der Waals surface area contributed by atoms with E-state index in [-0.39, 0.29) is 23.6 Å². The first-order valence-corrected chi connectivity index (χ1v) is 8.30. The Labute approximate surface area is 145 Å². The van der Waals surface area contributed by atoms with Gasteiger partial charge in [0.1, 0.15) is 0 Å². The van der Waals surface area contributed by atoms with Crippen molar-refractivity contribution in [2.45, 2.75) is 32.5 Å². The van der Waals surface area contributed by atoms with Crippen molar-refractivity contribution in [3.05, 3.63) is 52.8 Å². The first-order valence-electron chi connectivity index (χ1n) is 7.92. The van der Waals surface area contributed by atoms with Gasteiger partial charge in [-0.15, -0.1) is 0 Å². The predicted molar refractivity (Wildman–Crippen MR) is 90.6 cm³/mol. The SMILES string of the molecule is CCn1cc(Cl)c(C(=O)NC2CC(=O)N(Cc3ccccc3)C2)n1. The molecule has 0 bridgehead atoms. The Morgan fingerprint density at radius 3 is 2.79 bits per heavy atom. The van der Waals surface area contributed by atoms with E-state index in [1.807, 2.05) is 37.3 Å². The van der Waals surface area contributed by atoms with Gasteiger partial charge in [-0.05, 0) is 12.5 Å². The molecule has 126 valence electrons. The van der Waals surface area contributed by atoms with Crippen molar-refractivity contribution >= 4 is 23.4 Å². The molecule has 1 atom stereocenters. The van der Waals surface area contributed by atoms with Crippen LogP contribution in [0.1, 0.15) is 29.4 Å². The van der Waals surface area contributed by atoms with E-state index in [2.05, 4.69) is 10.4 Å². The Hall–Kier alpha value is -2.34. The fourth-order valence-corrected chi connectivity index (χ4v) is 3.03. The van der Waals surface area contributed by atoms with Crippen LogP contribution in [0.3, 0.4) is 0 Å². The number of aryl methyl sites for hydroxylation is 1. The van der Waals surface area contributed by atoms with Crippen molar-refractivity contribution in [2.24, 2.45) is 0 Å². The lowest BCUT2D eigenvalue weighted by Gasteiger charge is -2.17. The van der Waals surface area contributed by atoms with Gasteiger partial charge >= 0.3 is 0 Å². The average Bonchev–Trinajstić information content (AvgIpc) is 3.11. The van der Waals surface area contributed by atoms with Crippen molar-refractivity contribution in [3.8, 4) is 0 Å². The summed E-state index contributed by atoms with van der Waals surface area (Å²) in [5, 5.41) is 7.33. The third kappa shape index (κ3) is 3.59. The smallest absolute Gasteiger partial charge is 0.273 e. The number of nitrogens with one attached hydrogen (secondary N) is 1. The van der Waals surface area contributed by atoms with Crippen LogP contribution >= 0.6 is 11.6 Å². The summed E-state index contributed by atoms with van der Waals surface area (Å²) in [5.41, 5.74) is 1.27. The van der Waals surface area contributed by atoms with E-state index in [0.29, 0.717) is 31.1 Å². The molecule has 0 aliphatic carbocycles. The quantitative estimate of drug-likeness (QED) is 0.901. The molecule has 1 aliphatic heterocycles. The number of likely N-dealkylation sites (tertiary alicyclic amines) is 1. The molecule has 1 aromatic heterocycles. The molecule has 1 fully saturated rings. The maximum Gasteiger partial charge on any atom is 0.273 e. The van der Waals surface area contributed by atoms with E-state index in [9.17, 15) is 9.59 Å². The zero-order chi connectivity index (χ0) is 17.1. The van der Waals surface area contributed by atoms with Crippen LogP contribution in [0.4, 0.5) is 0 Å². The van der Waals surface area contributed by atoms with E-state index >= 15 is 0 Å². The molecule has 0 saturated carbocycles. The zero-order valence-corrected chi connectivity index (χ0v) is 14.2. The van der Waals surface area contributed by atoms with Gasteiger partial charge in [-0.25, -0.2) is 0 Å². The highest BCUT2D eigenvalue weighted by Crippen LogP contribution is 2.17. The number of rotatable bonds is 5. The van der Waals surface area contributed by atoms with Gasteiger partial charge in [0, 0.05) is 32.3 Å². The number of hydrogen-bond acceptors (Lipinski definition) is 3. The standard InChI is InChI=1S/C17H19ClN4O2/c1-2-22-11-14(18)16(20-22)17(24)19-13-8-15(23)21(10-13)9-12-6-4-3-5-7-12/h3-7,11,13H,2,8-10H2,1H3,(H,19,24). The van der Waals surface area contributed by atoms with Crippen molar-refractivity contribution in [2.75, 3.05) is 6.54 Å². The van der Waals surface area contributed by atoms with Crippen LogP contribution in [0, 0.1) is 0 Å². The molecule has 1 aliphatic rings. The summed E-state index contributed by atoms with van der Waals surface area (Å²) in [6, 6.07) is 9.57. The van der Waals surface area contributed by atoms with E-state index in [1.54, 1.807) is 15.8 Å². The van der Waals surface area contributed by atoms with Crippen LogP contribution in [0.5, 0.6) is 0 Å². The number of carbonyl (C=O) groups excluding carboxylic acids is 2. The molecular formula is C17H19ClN4O2. The van der Waals surface area contributed by atoms with E-state index in [4.69, 9.17) is 11.6 Å². The second-order valence-corrected chi connectivity index (χ2v) is 6.22. The highest BCUT2D eigenvalue weighted by atomic mass is 35.5. The Morgan fingerprint density at radius 2 is 2.12 bits per heavy atom. The molecule has 1 unspecified atom stereocenters. The van der Waals surface area contributed by atoms with Crippen LogP contribution in [-0.4, -0.2) is 39.1 Å². The summed E-state index contributed by atoms with van der Waals surface area (Å²) in [7, 11) is 0. The van der Waals surface area contributed by atoms with Crippen LogP contribution in [0.2, 0.25) is 5.02 Å². The molecule has 1 N–H and O–H groups in total. The lowest BCUT2D eigenvalue weighted by atomic mass is 10.2. The van der Waals surface area contributed by atoms with Gasteiger partial charge in [0.25, 0.3) is 5.91 Å². The monoisotopic (exact) mass is 346 g/mol. The largest absolute Gasteiger partial charge is 0.346 e. The first-order chi connectivity index (χ1) is 11.6. The van der Waals surface area contributed by atoms with Gasteiger partial charge in [-0.2, -0.15) is 5.10 Å². The number of nitrogens with zero attached hydrogens (tertiary/aromatic N) is 3. The van der Waals surface area contributed by atoms with Crippen molar-refractivity contribution < 1.29 is 9.59 Å². The summed E-state index contributed by atoms with van der Waals surface area (Å²) < 4.78 is 1.61. The van der Waals surface area contributed by atoms with E-state index < -0.39 is 0 Å². The van der Waals surface area contributed by atoms with Crippen LogP contribution in [0.15, 0.2) is 36.5 Å². The summed E-state index contributed by atoms with van der Waals surface area (Å²) in [5.74, 6) is -0.305. The van der Waals surface area contributed by atoms with Gasteiger partial charge in [-0.3, -0.25) is 14.3 Å². The summed E-state index contributed by atoms with van der Waals surface area (Å²) in [6.07, 6.45) is 1.92. The molecule has 7 heteroatoms. The molecule has 0 spiro atoms. The minimum atomic E-state index is -0.341. The Balaban J connectivity index is 1.61. The summed E-state index contributed by atoms with van der Waals surface area (Å²) in [6.45, 7) is 3.60.